The SMILES string of the molecule is Cc1ccc(C)c(N=c2scc(-c3ccc4c(c3)NC(=O)CO4)n2N=Cc2ccc(O)cc2)c1. The quantitative estimate of drug-likeness (QED) is 0.412. The number of phenols is 1. The zero-order valence-corrected chi connectivity index (χ0v) is 19.5. The number of ether oxygens (including phenoxy) is 1. The lowest BCUT2D eigenvalue weighted by Gasteiger charge is -2.18. The molecule has 0 saturated heterocycles. The summed E-state index contributed by atoms with van der Waals surface area (Å²) >= 11 is 1.48. The van der Waals surface area contributed by atoms with Gasteiger partial charge in [0.1, 0.15) is 11.5 Å². The Hall–Kier alpha value is -4.17. The number of nitrogens with zero attached hydrogens (tertiary/aromatic N) is 3. The number of fused-ring (bicyclic) bond motifs is 1. The molecule has 3 aromatic carbocycles. The van der Waals surface area contributed by atoms with Crippen LogP contribution in [0.25, 0.3) is 11.3 Å². The Labute approximate surface area is 200 Å². The molecular weight excluding hydrogens is 448 g/mol. The fraction of sp³-hybridized carbons (Fsp3) is 0.115. The smallest absolute Gasteiger partial charge is 0.262 e. The summed E-state index contributed by atoms with van der Waals surface area (Å²) in [4.78, 5) is 17.4. The van der Waals surface area contributed by atoms with Crippen LogP contribution in [0, 0.1) is 13.8 Å². The van der Waals surface area contributed by atoms with Crippen LogP contribution in [0.4, 0.5) is 11.4 Å². The van der Waals surface area contributed by atoms with Gasteiger partial charge in [0.05, 0.1) is 23.3 Å². The van der Waals surface area contributed by atoms with Gasteiger partial charge in [-0.15, -0.1) is 11.3 Å². The molecule has 0 radical (unpaired) electrons. The Kier molecular flexibility index (Phi) is 5.73. The van der Waals surface area contributed by atoms with Crippen LogP contribution in [0.5, 0.6) is 11.5 Å². The Morgan fingerprint density at radius 1 is 1.09 bits per heavy atom. The molecular formula is C26H22N4O3S. The minimum absolute atomic E-state index is 0.0145. The van der Waals surface area contributed by atoms with E-state index in [0.717, 1.165) is 33.6 Å². The van der Waals surface area contributed by atoms with Crippen molar-refractivity contribution >= 4 is 34.8 Å². The molecule has 7 nitrogen and oxygen atoms in total. The maximum Gasteiger partial charge on any atom is 0.262 e. The monoisotopic (exact) mass is 470 g/mol. The molecule has 0 aliphatic carbocycles. The first-order valence-electron chi connectivity index (χ1n) is 10.7. The second kappa shape index (κ2) is 8.99. The van der Waals surface area contributed by atoms with Gasteiger partial charge in [-0.05, 0) is 79.1 Å². The van der Waals surface area contributed by atoms with Crippen molar-refractivity contribution in [3.05, 3.63) is 87.5 Å². The number of carbonyl (C=O) groups excluding carboxylic acids is 1. The van der Waals surface area contributed by atoms with Crippen molar-refractivity contribution in [3.8, 4) is 22.8 Å². The number of aryl methyl sites for hydroxylation is 2. The van der Waals surface area contributed by atoms with Crippen molar-refractivity contribution < 1.29 is 14.6 Å². The number of aromatic hydroxyl groups is 1. The average Bonchev–Trinajstić information content (AvgIpc) is 3.23. The van der Waals surface area contributed by atoms with E-state index in [0.29, 0.717) is 16.2 Å². The van der Waals surface area contributed by atoms with E-state index < -0.39 is 0 Å². The van der Waals surface area contributed by atoms with E-state index in [1.807, 2.05) is 37.4 Å². The van der Waals surface area contributed by atoms with E-state index in [4.69, 9.17) is 14.8 Å². The second-order valence-corrected chi connectivity index (χ2v) is 8.84. The summed E-state index contributed by atoms with van der Waals surface area (Å²) in [5.74, 6) is 0.654. The van der Waals surface area contributed by atoms with Crippen molar-refractivity contribution in [1.29, 1.82) is 0 Å². The van der Waals surface area contributed by atoms with Crippen molar-refractivity contribution in [2.24, 2.45) is 10.1 Å². The Morgan fingerprint density at radius 2 is 1.91 bits per heavy atom. The van der Waals surface area contributed by atoms with Crippen molar-refractivity contribution in [2.75, 3.05) is 11.9 Å². The van der Waals surface area contributed by atoms with Crippen LogP contribution in [0.1, 0.15) is 16.7 Å². The summed E-state index contributed by atoms with van der Waals surface area (Å²) in [5, 5.41) is 19.1. The van der Waals surface area contributed by atoms with Crippen molar-refractivity contribution in [1.82, 2.24) is 4.68 Å². The number of nitrogens with one attached hydrogen (secondary N) is 1. The maximum atomic E-state index is 11.8. The molecule has 1 aliphatic heterocycles. The molecule has 170 valence electrons. The lowest BCUT2D eigenvalue weighted by Crippen LogP contribution is -2.25. The number of hydrogen-bond donors (Lipinski definition) is 2. The summed E-state index contributed by atoms with van der Waals surface area (Å²) in [6.07, 6.45) is 1.72. The fourth-order valence-corrected chi connectivity index (χ4v) is 4.41. The largest absolute Gasteiger partial charge is 0.508 e. The van der Waals surface area contributed by atoms with Crippen molar-refractivity contribution in [3.63, 3.8) is 0 Å². The summed E-state index contributed by atoms with van der Waals surface area (Å²) < 4.78 is 7.28. The molecule has 5 rings (SSSR count). The Morgan fingerprint density at radius 3 is 2.74 bits per heavy atom. The molecule has 0 spiro atoms. The van der Waals surface area contributed by atoms with Crippen LogP contribution >= 0.6 is 11.3 Å². The third-order valence-electron chi connectivity index (χ3n) is 5.39. The molecule has 0 unspecified atom stereocenters. The van der Waals surface area contributed by atoms with Crippen LogP contribution < -0.4 is 14.9 Å². The van der Waals surface area contributed by atoms with Crippen molar-refractivity contribution in [2.45, 2.75) is 13.8 Å². The van der Waals surface area contributed by atoms with Crippen LogP contribution in [0.2, 0.25) is 0 Å². The molecule has 4 aromatic rings. The average molecular weight is 471 g/mol. The Bertz CT molecular complexity index is 1480. The summed E-state index contributed by atoms with van der Waals surface area (Å²) in [7, 11) is 0. The molecule has 34 heavy (non-hydrogen) atoms. The van der Waals surface area contributed by atoms with Gasteiger partial charge in [0.2, 0.25) is 4.80 Å². The van der Waals surface area contributed by atoms with Gasteiger partial charge in [-0.25, -0.2) is 9.67 Å². The number of hydrogen-bond acceptors (Lipinski definition) is 6. The van der Waals surface area contributed by atoms with Crippen LogP contribution in [0.15, 0.2) is 76.1 Å². The molecule has 0 bridgehead atoms. The second-order valence-electron chi connectivity index (χ2n) is 8.00. The van der Waals surface area contributed by atoms with Gasteiger partial charge in [-0.3, -0.25) is 4.79 Å². The number of phenolic OH excluding ortho intramolecular Hbond substituents is 1. The normalized spacial score (nSPS) is 13.6. The molecule has 0 saturated carbocycles. The first-order valence-corrected chi connectivity index (χ1v) is 11.6. The summed E-state index contributed by atoms with van der Waals surface area (Å²) in [6, 6.07) is 18.6. The topological polar surface area (TPSA) is 88.2 Å². The zero-order chi connectivity index (χ0) is 23.7. The number of benzene rings is 3. The molecule has 2 heterocycles. The maximum absolute atomic E-state index is 11.8. The molecule has 1 aromatic heterocycles. The molecule has 0 fully saturated rings. The highest BCUT2D eigenvalue weighted by Crippen LogP contribution is 2.33. The van der Waals surface area contributed by atoms with Gasteiger partial charge in [0, 0.05) is 10.9 Å². The number of rotatable bonds is 4. The van der Waals surface area contributed by atoms with Crippen LogP contribution in [-0.4, -0.2) is 28.5 Å². The lowest BCUT2D eigenvalue weighted by molar-refractivity contribution is -0.118. The van der Waals surface area contributed by atoms with E-state index in [1.165, 1.54) is 11.3 Å². The highest BCUT2D eigenvalue weighted by molar-refractivity contribution is 7.07. The minimum Gasteiger partial charge on any atom is -0.508 e. The zero-order valence-electron chi connectivity index (χ0n) is 18.6. The molecule has 1 amide bonds. The highest BCUT2D eigenvalue weighted by Gasteiger charge is 2.18. The van der Waals surface area contributed by atoms with Gasteiger partial charge < -0.3 is 15.2 Å². The minimum atomic E-state index is -0.182. The molecule has 1 aliphatic rings. The van der Waals surface area contributed by atoms with E-state index >= 15 is 0 Å². The van der Waals surface area contributed by atoms with Crippen LogP contribution in [-0.2, 0) is 4.79 Å². The first-order chi connectivity index (χ1) is 16.5. The van der Waals surface area contributed by atoms with Crippen LogP contribution in [0.3, 0.4) is 0 Å². The third-order valence-corrected chi connectivity index (χ3v) is 6.21. The fourth-order valence-electron chi connectivity index (χ4n) is 3.56. The number of thiazole rings is 1. The number of amides is 1. The van der Waals surface area contributed by atoms with E-state index in [-0.39, 0.29) is 18.3 Å². The van der Waals surface area contributed by atoms with Gasteiger partial charge in [0.15, 0.2) is 6.61 Å². The van der Waals surface area contributed by atoms with E-state index in [2.05, 4.69) is 23.5 Å². The molecule has 0 atom stereocenters. The lowest BCUT2D eigenvalue weighted by atomic mass is 10.1. The molecule has 2 N–H and O–H groups in total. The number of aromatic nitrogens is 1. The van der Waals surface area contributed by atoms with Gasteiger partial charge in [-0.2, -0.15) is 5.10 Å². The predicted molar refractivity (Wildman–Crippen MR) is 134 cm³/mol. The Balaban J connectivity index is 1.64. The number of carbonyl (C=O) groups is 1. The van der Waals surface area contributed by atoms with Gasteiger partial charge in [-0.1, -0.05) is 12.1 Å². The van der Waals surface area contributed by atoms with E-state index in [9.17, 15) is 9.90 Å². The highest BCUT2D eigenvalue weighted by atomic mass is 32.1. The predicted octanol–water partition coefficient (Wildman–Crippen LogP) is 4.98. The molecule has 8 heteroatoms. The first kappa shape index (κ1) is 21.7. The van der Waals surface area contributed by atoms with Gasteiger partial charge in [0.25, 0.3) is 5.91 Å². The standard InChI is InChI=1S/C26H22N4O3S/c1-16-3-4-17(2)21(11-16)29-26-30(27-13-18-5-8-20(31)9-6-18)23(15-34-26)19-7-10-24-22(12-19)28-25(32)14-33-24/h3-13,15,31H,14H2,1-2H3,(H,28,32). The van der Waals surface area contributed by atoms with E-state index in [1.54, 1.807) is 35.2 Å². The summed E-state index contributed by atoms with van der Waals surface area (Å²) in [6.45, 7) is 4.09. The third kappa shape index (κ3) is 4.49. The summed E-state index contributed by atoms with van der Waals surface area (Å²) in [5.41, 5.74) is 6.24. The number of anilines is 1. The van der Waals surface area contributed by atoms with Gasteiger partial charge >= 0.3 is 0 Å².